The Morgan fingerprint density at radius 2 is 1.69 bits per heavy atom. The maximum absolute atomic E-state index is 12.5. The number of carbonyl (C=O) groups is 1. The lowest BCUT2D eigenvalue weighted by Crippen LogP contribution is -2.09. The third-order valence-corrected chi connectivity index (χ3v) is 5.03. The molecule has 4 aromatic rings. The molecule has 0 saturated carbocycles. The molecule has 0 spiro atoms. The van der Waals surface area contributed by atoms with Crippen LogP contribution in [0, 0.1) is 6.92 Å². The molecule has 29 heavy (non-hydrogen) atoms. The molecule has 3 aromatic carbocycles. The minimum absolute atomic E-state index is 0.335. The van der Waals surface area contributed by atoms with Crippen molar-refractivity contribution in [3.63, 3.8) is 0 Å². The van der Waals surface area contributed by atoms with E-state index in [-0.39, 0.29) is 0 Å². The maximum atomic E-state index is 12.5. The maximum Gasteiger partial charge on any atom is 0.344 e. The normalized spacial score (nSPS) is 10.9. The van der Waals surface area contributed by atoms with Crippen molar-refractivity contribution in [2.75, 3.05) is 0 Å². The molecule has 0 atom stereocenters. The van der Waals surface area contributed by atoms with E-state index in [0.29, 0.717) is 43.5 Å². The van der Waals surface area contributed by atoms with Gasteiger partial charge >= 0.3 is 11.6 Å². The van der Waals surface area contributed by atoms with Crippen LogP contribution in [-0.4, -0.2) is 5.97 Å². The van der Waals surface area contributed by atoms with Gasteiger partial charge < -0.3 is 9.15 Å². The molecule has 1 aromatic heterocycles. The van der Waals surface area contributed by atoms with Crippen molar-refractivity contribution in [1.29, 1.82) is 0 Å². The fraction of sp³-hybridized carbons (Fsp3) is 0.0435. The second kappa shape index (κ2) is 7.74. The van der Waals surface area contributed by atoms with E-state index in [1.807, 2.05) is 6.92 Å². The van der Waals surface area contributed by atoms with Gasteiger partial charge in [-0.15, -0.1) is 0 Å². The zero-order valence-corrected chi connectivity index (χ0v) is 16.8. The Balaban J connectivity index is 1.76. The number of fused-ring (bicyclic) bond motifs is 1. The quantitative estimate of drug-likeness (QED) is 0.220. The van der Waals surface area contributed by atoms with E-state index in [4.69, 9.17) is 32.4 Å². The van der Waals surface area contributed by atoms with Crippen LogP contribution in [0.4, 0.5) is 0 Å². The molecule has 0 amide bonds. The van der Waals surface area contributed by atoms with Crippen LogP contribution in [0.15, 0.2) is 75.9 Å². The number of hydrogen-bond acceptors (Lipinski definition) is 4. The van der Waals surface area contributed by atoms with Crippen LogP contribution in [0.2, 0.25) is 10.0 Å². The van der Waals surface area contributed by atoms with Crippen LogP contribution in [0.3, 0.4) is 0 Å². The Morgan fingerprint density at radius 1 is 0.931 bits per heavy atom. The first-order valence-corrected chi connectivity index (χ1v) is 9.49. The minimum Gasteiger partial charge on any atom is -0.423 e. The first-order chi connectivity index (χ1) is 13.9. The third kappa shape index (κ3) is 3.90. The largest absolute Gasteiger partial charge is 0.423 e. The molecule has 0 fully saturated rings. The average molecular weight is 425 g/mol. The van der Waals surface area contributed by atoms with Crippen LogP contribution in [0.1, 0.15) is 15.9 Å². The van der Waals surface area contributed by atoms with Gasteiger partial charge in [-0.2, -0.15) is 0 Å². The van der Waals surface area contributed by atoms with Crippen LogP contribution >= 0.6 is 23.2 Å². The van der Waals surface area contributed by atoms with Gasteiger partial charge in [0, 0.05) is 15.4 Å². The topological polar surface area (TPSA) is 56.5 Å². The van der Waals surface area contributed by atoms with Crippen LogP contribution in [0.25, 0.3) is 22.1 Å². The molecular formula is C23H14Cl2O4. The minimum atomic E-state index is -0.528. The number of hydrogen-bond donors (Lipinski definition) is 0. The van der Waals surface area contributed by atoms with Gasteiger partial charge in [-0.1, -0.05) is 41.4 Å². The summed E-state index contributed by atoms with van der Waals surface area (Å²) in [6.07, 6.45) is 0. The molecule has 0 aliphatic carbocycles. The zero-order chi connectivity index (χ0) is 20.5. The highest BCUT2D eigenvalue weighted by atomic mass is 35.5. The third-order valence-electron chi connectivity index (χ3n) is 4.54. The van der Waals surface area contributed by atoms with Gasteiger partial charge in [-0.05, 0) is 66.6 Å². The van der Waals surface area contributed by atoms with E-state index in [0.717, 1.165) is 5.56 Å². The molecule has 1 heterocycles. The van der Waals surface area contributed by atoms with E-state index < -0.39 is 11.6 Å². The summed E-state index contributed by atoms with van der Waals surface area (Å²) in [6, 6.07) is 18.3. The highest BCUT2D eigenvalue weighted by Gasteiger charge is 2.15. The number of carbonyl (C=O) groups excluding carboxylic acids is 1. The molecule has 0 aliphatic rings. The van der Waals surface area contributed by atoms with Crippen molar-refractivity contribution in [2.24, 2.45) is 0 Å². The SMILES string of the molecule is Cc1c(-c2ccc(Cl)cc2)c(=O)oc2ccc(OC(=O)c3cccc(Cl)c3)cc12. The molecule has 0 saturated heterocycles. The Bertz CT molecular complexity index is 1290. The van der Waals surface area contributed by atoms with Crippen molar-refractivity contribution in [1.82, 2.24) is 0 Å². The van der Waals surface area contributed by atoms with Crippen molar-refractivity contribution >= 4 is 40.1 Å². The molecule has 0 radical (unpaired) electrons. The standard InChI is InChI=1S/C23H14Cl2O4/c1-13-19-12-18(28-22(26)15-3-2-4-17(25)11-15)9-10-20(19)29-23(27)21(13)14-5-7-16(24)8-6-14/h2-12H,1H3. The van der Waals surface area contributed by atoms with Gasteiger partial charge in [0.2, 0.25) is 0 Å². The van der Waals surface area contributed by atoms with Crippen molar-refractivity contribution in [2.45, 2.75) is 6.92 Å². The first-order valence-electron chi connectivity index (χ1n) is 8.73. The van der Waals surface area contributed by atoms with E-state index in [2.05, 4.69) is 0 Å². The number of halogens is 2. The Morgan fingerprint density at radius 3 is 2.41 bits per heavy atom. The summed E-state index contributed by atoms with van der Waals surface area (Å²) in [5.74, 6) is -0.193. The second-order valence-corrected chi connectivity index (χ2v) is 7.33. The predicted molar refractivity (Wildman–Crippen MR) is 114 cm³/mol. The zero-order valence-electron chi connectivity index (χ0n) is 15.2. The fourth-order valence-corrected chi connectivity index (χ4v) is 3.44. The molecule has 144 valence electrons. The van der Waals surface area contributed by atoms with Gasteiger partial charge in [0.1, 0.15) is 11.3 Å². The smallest absolute Gasteiger partial charge is 0.344 e. The molecule has 0 bridgehead atoms. The van der Waals surface area contributed by atoms with E-state index in [1.165, 1.54) is 6.07 Å². The summed E-state index contributed by atoms with van der Waals surface area (Å²) in [4.78, 5) is 24.9. The van der Waals surface area contributed by atoms with Gasteiger partial charge in [-0.25, -0.2) is 9.59 Å². The number of ether oxygens (including phenoxy) is 1. The number of aryl methyl sites for hydroxylation is 1. The summed E-state index contributed by atoms with van der Waals surface area (Å²) >= 11 is 11.9. The van der Waals surface area contributed by atoms with E-state index >= 15 is 0 Å². The molecule has 0 unspecified atom stereocenters. The summed E-state index contributed by atoms with van der Waals surface area (Å²) in [6.45, 7) is 1.83. The molecule has 6 heteroatoms. The monoisotopic (exact) mass is 424 g/mol. The molecule has 4 nitrogen and oxygen atoms in total. The summed E-state index contributed by atoms with van der Waals surface area (Å²) in [5.41, 5.74) is 2.17. The predicted octanol–water partition coefficient (Wildman–Crippen LogP) is 6.29. The number of esters is 1. The highest BCUT2D eigenvalue weighted by molar-refractivity contribution is 6.31. The first kappa shape index (κ1) is 19.2. The lowest BCUT2D eigenvalue weighted by molar-refractivity contribution is 0.0735. The lowest BCUT2D eigenvalue weighted by Gasteiger charge is -2.10. The molecular weight excluding hydrogens is 411 g/mol. The average Bonchev–Trinajstić information content (AvgIpc) is 2.70. The van der Waals surface area contributed by atoms with Crippen molar-refractivity contribution < 1.29 is 13.9 Å². The number of rotatable bonds is 3. The van der Waals surface area contributed by atoms with Gasteiger partial charge in [0.15, 0.2) is 0 Å². The number of benzene rings is 3. The molecule has 0 N–H and O–H groups in total. The lowest BCUT2D eigenvalue weighted by atomic mass is 9.99. The van der Waals surface area contributed by atoms with Crippen molar-refractivity contribution in [3.8, 4) is 16.9 Å². The van der Waals surface area contributed by atoms with E-state index in [1.54, 1.807) is 60.7 Å². The molecule has 4 rings (SSSR count). The Kier molecular flexibility index (Phi) is 5.14. The Hall–Kier alpha value is -3.08. The van der Waals surface area contributed by atoms with Gasteiger partial charge in [0.25, 0.3) is 0 Å². The second-order valence-electron chi connectivity index (χ2n) is 6.45. The summed E-state index contributed by atoms with van der Waals surface area (Å²) < 4.78 is 10.9. The van der Waals surface area contributed by atoms with Gasteiger partial charge in [0.05, 0.1) is 11.1 Å². The van der Waals surface area contributed by atoms with Crippen LogP contribution in [0.5, 0.6) is 5.75 Å². The summed E-state index contributed by atoms with van der Waals surface area (Å²) in [5, 5.41) is 1.70. The van der Waals surface area contributed by atoms with Gasteiger partial charge in [-0.3, -0.25) is 0 Å². The fourth-order valence-electron chi connectivity index (χ4n) is 3.13. The van der Waals surface area contributed by atoms with Crippen LogP contribution < -0.4 is 10.4 Å². The summed E-state index contributed by atoms with van der Waals surface area (Å²) in [7, 11) is 0. The van der Waals surface area contributed by atoms with Crippen molar-refractivity contribution in [3.05, 3.63) is 98.3 Å². The van der Waals surface area contributed by atoms with E-state index in [9.17, 15) is 9.59 Å². The van der Waals surface area contributed by atoms with Crippen LogP contribution in [-0.2, 0) is 0 Å². The Labute approximate surface area is 176 Å². The molecule has 0 aliphatic heterocycles. The highest BCUT2D eigenvalue weighted by Crippen LogP contribution is 2.30.